The number of ether oxygens (including phenoxy) is 1. The number of aromatic nitrogens is 2. The first kappa shape index (κ1) is 9.73. The van der Waals surface area contributed by atoms with Gasteiger partial charge in [0, 0.05) is 18.0 Å². The molecule has 0 bridgehead atoms. The van der Waals surface area contributed by atoms with Crippen LogP contribution in [0.4, 0.5) is 5.69 Å². The van der Waals surface area contributed by atoms with Gasteiger partial charge in [0.2, 0.25) is 5.88 Å². The highest BCUT2D eigenvalue weighted by molar-refractivity contribution is 6.32. The summed E-state index contributed by atoms with van der Waals surface area (Å²) in [4.78, 5) is 7.69. The number of benzene rings is 1. The molecule has 0 aliphatic carbocycles. The Morgan fingerprint density at radius 1 is 1.27 bits per heavy atom. The van der Waals surface area contributed by atoms with Crippen LogP contribution in [0.25, 0.3) is 0 Å². The van der Waals surface area contributed by atoms with Gasteiger partial charge in [-0.3, -0.25) is 0 Å². The van der Waals surface area contributed by atoms with E-state index in [2.05, 4.69) is 9.97 Å². The summed E-state index contributed by atoms with van der Waals surface area (Å²) in [5, 5.41) is 0.452. The van der Waals surface area contributed by atoms with Crippen molar-refractivity contribution in [2.75, 3.05) is 5.73 Å². The van der Waals surface area contributed by atoms with Crippen LogP contribution in [0, 0.1) is 0 Å². The van der Waals surface area contributed by atoms with E-state index in [9.17, 15) is 0 Å². The van der Waals surface area contributed by atoms with Crippen molar-refractivity contribution in [2.45, 2.75) is 0 Å². The van der Waals surface area contributed by atoms with E-state index in [1.807, 2.05) is 0 Å². The third-order valence-corrected chi connectivity index (χ3v) is 2.02. The Morgan fingerprint density at radius 3 is 2.80 bits per heavy atom. The standard InChI is InChI=1S/C10H8ClN3O/c11-8-5-7(12)1-2-9(8)15-10-3-4-13-6-14-10/h1-6H,12H2. The molecule has 1 aromatic heterocycles. The van der Waals surface area contributed by atoms with Crippen LogP contribution >= 0.6 is 11.6 Å². The van der Waals surface area contributed by atoms with Crippen molar-refractivity contribution < 1.29 is 4.74 Å². The Hall–Kier alpha value is -1.81. The van der Waals surface area contributed by atoms with Crippen LogP contribution in [0.15, 0.2) is 36.8 Å². The van der Waals surface area contributed by atoms with Gasteiger partial charge in [-0.05, 0) is 18.2 Å². The highest BCUT2D eigenvalue weighted by atomic mass is 35.5. The molecule has 76 valence electrons. The molecular weight excluding hydrogens is 214 g/mol. The lowest BCUT2D eigenvalue weighted by Crippen LogP contribution is -1.90. The van der Waals surface area contributed by atoms with Gasteiger partial charge < -0.3 is 10.5 Å². The molecule has 1 heterocycles. The summed E-state index contributed by atoms with van der Waals surface area (Å²) in [5.74, 6) is 0.959. The number of hydrogen-bond donors (Lipinski definition) is 1. The zero-order valence-electron chi connectivity index (χ0n) is 7.72. The molecule has 0 saturated heterocycles. The van der Waals surface area contributed by atoms with Gasteiger partial charge in [0.15, 0.2) is 0 Å². The molecule has 0 spiro atoms. The van der Waals surface area contributed by atoms with Gasteiger partial charge in [-0.1, -0.05) is 11.6 Å². The molecule has 0 atom stereocenters. The molecule has 0 unspecified atom stereocenters. The first-order valence-corrected chi connectivity index (χ1v) is 4.62. The molecule has 0 aliphatic rings. The second kappa shape index (κ2) is 4.14. The normalized spacial score (nSPS) is 9.93. The maximum absolute atomic E-state index is 5.93. The fourth-order valence-corrected chi connectivity index (χ4v) is 1.28. The predicted molar refractivity (Wildman–Crippen MR) is 58.0 cm³/mol. The van der Waals surface area contributed by atoms with Gasteiger partial charge in [0.25, 0.3) is 0 Å². The first-order chi connectivity index (χ1) is 7.25. The van der Waals surface area contributed by atoms with Crippen molar-refractivity contribution in [3.05, 3.63) is 41.8 Å². The number of nitrogen functional groups attached to an aromatic ring is 1. The number of nitrogens with zero attached hydrogens (tertiary/aromatic N) is 2. The predicted octanol–water partition coefficient (Wildman–Crippen LogP) is 2.50. The second-order valence-corrected chi connectivity index (χ2v) is 3.25. The fourth-order valence-electron chi connectivity index (χ4n) is 1.05. The highest BCUT2D eigenvalue weighted by Gasteiger charge is 2.03. The molecular formula is C10H8ClN3O. The van der Waals surface area contributed by atoms with Gasteiger partial charge in [-0.2, -0.15) is 0 Å². The molecule has 0 aliphatic heterocycles. The molecule has 0 fully saturated rings. The van der Waals surface area contributed by atoms with Crippen molar-refractivity contribution in [2.24, 2.45) is 0 Å². The number of hydrogen-bond acceptors (Lipinski definition) is 4. The summed E-state index contributed by atoms with van der Waals surface area (Å²) in [7, 11) is 0. The molecule has 2 N–H and O–H groups in total. The summed E-state index contributed by atoms with van der Waals surface area (Å²) in [6.45, 7) is 0. The lowest BCUT2D eigenvalue weighted by Gasteiger charge is -2.06. The van der Waals surface area contributed by atoms with Crippen LogP contribution in [0.5, 0.6) is 11.6 Å². The third-order valence-electron chi connectivity index (χ3n) is 1.73. The van der Waals surface area contributed by atoms with E-state index in [1.165, 1.54) is 6.33 Å². The van der Waals surface area contributed by atoms with Crippen molar-refractivity contribution in [3.63, 3.8) is 0 Å². The smallest absolute Gasteiger partial charge is 0.222 e. The summed E-state index contributed by atoms with van der Waals surface area (Å²) < 4.78 is 5.43. The monoisotopic (exact) mass is 221 g/mol. The summed E-state index contributed by atoms with van der Waals surface area (Å²) in [6.07, 6.45) is 2.99. The fraction of sp³-hybridized carbons (Fsp3) is 0. The Morgan fingerprint density at radius 2 is 2.13 bits per heavy atom. The van der Waals surface area contributed by atoms with E-state index in [1.54, 1.807) is 30.5 Å². The Bertz CT molecular complexity index is 461. The van der Waals surface area contributed by atoms with E-state index in [4.69, 9.17) is 22.1 Å². The molecule has 4 nitrogen and oxygen atoms in total. The summed E-state index contributed by atoms with van der Waals surface area (Å²) in [6, 6.07) is 6.67. The minimum Gasteiger partial charge on any atom is -0.437 e. The Balaban J connectivity index is 2.25. The Kier molecular flexibility index (Phi) is 2.69. The SMILES string of the molecule is Nc1ccc(Oc2ccncn2)c(Cl)c1. The molecule has 15 heavy (non-hydrogen) atoms. The maximum Gasteiger partial charge on any atom is 0.222 e. The van der Waals surface area contributed by atoms with Crippen LogP contribution in [-0.4, -0.2) is 9.97 Å². The average molecular weight is 222 g/mol. The van der Waals surface area contributed by atoms with Crippen molar-refractivity contribution in [1.29, 1.82) is 0 Å². The number of rotatable bonds is 2. The lowest BCUT2D eigenvalue weighted by atomic mass is 10.3. The van der Waals surface area contributed by atoms with E-state index in [0.717, 1.165) is 0 Å². The third kappa shape index (κ3) is 2.35. The van der Waals surface area contributed by atoms with Gasteiger partial charge in [0.05, 0.1) is 5.02 Å². The zero-order chi connectivity index (χ0) is 10.7. The highest BCUT2D eigenvalue weighted by Crippen LogP contribution is 2.29. The van der Waals surface area contributed by atoms with Crippen LogP contribution in [0.1, 0.15) is 0 Å². The van der Waals surface area contributed by atoms with Crippen LogP contribution in [0.3, 0.4) is 0 Å². The topological polar surface area (TPSA) is 61.0 Å². The molecule has 2 rings (SSSR count). The summed E-state index contributed by atoms with van der Waals surface area (Å²) >= 11 is 5.93. The van der Waals surface area contributed by atoms with Crippen molar-refractivity contribution >= 4 is 17.3 Å². The van der Waals surface area contributed by atoms with E-state index in [0.29, 0.717) is 22.3 Å². The van der Waals surface area contributed by atoms with Crippen LogP contribution in [0.2, 0.25) is 5.02 Å². The molecule has 0 saturated carbocycles. The quantitative estimate of drug-likeness (QED) is 0.792. The molecule has 0 amide bonds. The largest absolute Gasteiger partial charge is 0.437 e. The minimum absolute atomic E-state index is 0.441. The van der Waals surface area contributed by atoms with Crippen LogP contribution in [-0.2, 0) is 0 Å². The van der Waals surface area contributed by atoms with Crippen molar-refractivity contribution in [1.82, 2.24) is 9.97 Å². The van der Waals surface area contributed by atoms with E-state index >= 15 is 0 Å². The van der Waals surface area contributed by atoms with Crippen LogP contribution < -0.4 is 10.5 Å². The molecule has 2 aromatic rings. The van der Waals surface area contributed by atoms with E-state index < -0.39 is 0 Å². The van der Waals surface area contributed by atoms with Gasteiger partial charge in [-0.25, -0.2) is 9.97 Å². The molecule has 5 heteroatoms. The average Bonchev–Trinajstić information content (AvgIpc) is 2.24. The minimum atomic E-state index is 0.441. The number of halogens is 1. The molecule has 1 aromatic carbocycles. The van der Waals surface area contributed by atoms with Gasteiger partial charge in [-0.15, -0.1) is 0 Å². The maximum atomic E-state index is 5.93. The lowest BCUT2D eigenvalue weighted by molar-refractivity contribution is 0.462. The van der Waals surface area contributed by atoms with Gasteiger partial charge >= 0.3 is 0 Å². The molecule has 0 radical (unpaired) electrons. The van der Waals surface area contributed by atoms with Gasteiger partial charge in [0.1, 0.15) is 12.1 Å². The number of anilines is 1. The van der Waals surface area contributed by atoms with E-state index in [-0.39, 0.29) is 0 Å². The van der Waals surface area contributed by atoms with Crippen molar-refractivity contribution in [3.8, 4) is 11.6 Å². The number of nitrogens with two attached hydrogens (primary N) is 1. The summed E-state index contributed by atoms with van der Waals surface area (Å²) in [5.41, 5.74) is 6.15. The zero-order valence-corrected chi connectivity index (χ0v) is 8.48. The Labute approximate surface area is 91.7 Å². The first-order valence-electron chi connectivity index (χ1n) is 4.24. The second-order valence-electron chi connectivity index (χ2n) is 2.84.